The number of aromatic amines is 1. The maximum atomic E-state index is 12.9. The number of aryl methyl sites for hydroxylation is 3. The molecule has 31 heavy (non-hydrogen) atoms. The second-order valence-corrected chi connectivity index (χ2v) is 9.67. The first-order valence-corrected chi connectivity index (χ1v) is 11.7. The van der Waals surface area contributed by atoms with Crippen molar-refractivity contribution in [2.75, 3.05) is 13.1 Å². The van der Waals surface area contributed by atoms with Crippen molar-refractivity contribution in [1.82, 2.24) is 19.8 Å². The van der Waals surface area contributed by atoms with E-state index in [-0.39, 0.29) is 28.9 Å². The van der Waals surface area contributed by atoms with Gasteiger partial charge in [0.15, 0.2) is 5.76 Å². The lowest BCUT2D eigenvalue weighted by Gasteiger charge is -2.14. The summed E-state index contributed by atoms with van der Waals surface area (Å²) in [6, 6.07) is 7.27. The highest BCUT2D eigenvalue weighted by molar-refractivity contribution is 7.89. The van der Waals surface area contributed by atoms with Crippen LogP contribution in [0.15, 0.2) is 39.8 Å². The van der Waals surface area contributed by atoms with Gasteiger partial charge in [0.2, 0.25) is 10.0 Å². The summed E-state index contributed by atoms with van der Waals surface area (Å²) in [6.07, 6.45) is 3.42. The lowest BCUT2D eigenvalue weighted by molar-refractivity contribution is 0.0793. The van der Waals surface area contributed by atoms with Gasteiger partial charge in [-0.1, -0.05) is 18.2 Å². The Balaban J connectivity index is 1.57. The van der Waals surface area contributed by atoms with E-state index in [2.05, 4.69) is 14.9 Å². The standard InChI is InChI=1S/C22H26N4O4S/c1-14-6-7-17(10-15(14)2)12-24-31(28,29)20-11-19(30-16(20)3)21-18(13-23-25-21)22(27)26-8-4-5-9-26/h6-7,10-11,13,24H,4-5,8-9,12H2,1-3H3,(H,23,25). The molecular formula is C22H26N4O4S. The molecular weight excluding hydrogens is 416 g/mol. The highest BCUT2D eigenvalue weighted by Gasteiger charge is 2.27. The van der Waals surface area contributed by atoms with Crippen LogP contribution in [0.25, 0.3) is 11.5 Å². The van der Waals surface area contributed by atoms with Crippen LogP contribution in [0.2, 0.25) is 0 Å². The molecule has 1 aliphatic heterocycles. The summed E-state index contributed by atoms with van der Waals surface area (Å²) in [5.74, 6) is 0.383. The molecule has 8 nitrogen and oxygen atoms in total. The molecule has 0 bridgehead atoms. The second kappa shape index (κ2) is 8.32. The van der Waals surface area contributed by atoms with Crippen LogP contribution in [0.3, 0.4) is 0 Å². The van der Waals surface area contributed by atoms with Crippen molar-refractivity contribution in [3.05, 3.63) is 58.5 Å². The van der Waals surface area contributed by atoms with Crippen molar-refractivity contribution in [3.63, 3.8) is 0 Å². The van der Waals surface area contributed by atoms with Gasteiger partial charge in [0.1, 0.15) is 16.3 Å². The van der Waals surface area contributed by atoms with Crippen molar-refractivity contribution in [2.24, 2.45) is 0 Å². The summed E-state index contributed by atoms with van der Waals surface area (Å²) in [7, 11) is -3.80. The lowest BCUT2D eigenvalue weighted by Crippen LogP contribution is -2.27. The zero-order chi connectivity index (χ0) is 22.2. The maximum Gasteiger partial charge on any atom is 0.257 e. The normalized spacial score (nSPS) is 14.4. The molecule has 1 amide bonds. The number of rotatable bonds is 6. The molecule has 4 rings (SSSR count). The zero-order valence-electron chi connectivity index (χ0n) is 17.9. The number of aromatic nitrogens is 2. The van der Waals surface area contributed by atoms with Crippen molar-refractivity contribution in [2.45, 2.75) is 45.1 Å². The van der Waals surface area contributed by atoms with Crippen LogP contribution in [0.4, 0.5) is 0 Å². The van der Waals surface area contributed by atoms with Gasteiger partial charge in [-0.2, -0.15) is 5.10 Å². The number of carbonyl (C=O) groups excluding carboxylic acids is 1. The van der Waals surface area contributed by atoms with Gasteiger partial charge in [-0.3, -0.25) is 9.89 Å². The summed E-state index contributed by atoms with van der Waals surface area (Å²) in [5.41, 5.74) is 3.90. The number of hydrogen-bond acceptors (Lipinski definition) is 5. The van der Waals surface area contributed by atoms with E-state index >= 15 is 0 Å². The Hall–Kier alpha value is -2.91. The predicted molar refractivity (Wildman–Crippen MR) is 116 cm³/mol. The molecule has 0 atom stereocenters. The van der Waals surface area contributed by atoms with E-state index in [0.29, 0.717) is 24.3 Å². The van der Waals surface area contributed by atoms with Gasteiger partial charge in [0, 0.05) is 25.7 Å². The molecule has 164 valence electrons. The molecule has 3 aromatic rings. The summed E-state index contributed by atoms with van der Waals surface area (Å²) in [4.78, 5) is 14.6. The molecule has 1 fully saturated rings. The number of amides is 1. The number of furan rings is 1. The van der Waals surface area contributed by atoms with Crippen LogP contribution in [0.5, 0.6) is 0 Å². The topological polar surface area (TPSA) is 108 Å². The molecule has 0 radical (unpaired) electrons. The van der Waals surface area contributed by atoms with E-state index in [0.717, 1.165) is 29.5 Å². The third-order valence-corrected chi connectivity index (χ3v) is 7.22. The van der Waals surface area contributed by atoms with Crippen LogP contribution >= 0.6 is 0 Å². The molecule has 0 spiro atoms. The summed E-state index contributed by atoms with van der Waals surface area (Å²) in [6.45, 7) is 7.19. The number of H-pyrrole nitrogens is 1. The number of carbonyl (C=O) groups is 1. The first-order chi connectivity index (χ1) is 14.8. The Labute approximate surface area is 181 Å². The zero-order valence-corrected chi connectivity index (χ0v) is 18.7. The van der Waals surface area contributed by atoms with Gasteiger partial charge in [-0.05, 0) is 50.3 Å². The minimum Gasteiger partial charge on any atom is -0.458 e. The Morgan fingerprint density at radius 1 is 1.16 bits per heavy atom. The summed E-state index contributed by atoms with van der Waals surface area (Å²) in [5, 5.41) is 6.77. The quantitative estimate of drug-likeness (QED) is 0.609. The minimum atomic E-state index is -3.80. The first kappa shape index (κ1) is 21.3. The molecule has 0 saturated carbocycles. The molecule has 2 N–H and O–H groups in total. The molecule has 9 heteroatoms. The Kier molecular flexibility index (Phi) is 5.72. The van der Waals surface area contributed by atoms with Gasteiger partial charge >= 0.3 is 0 Å². The first-order valence-electron chi connectivity index (χ1n) is 10.3. The van der Waals surface area contributed by atoms with E-state index in [1.807, 2.05) is 32.0 Å². The summed E-state index contributed by atoms with van der Waals surface area (Å²) >= 11 is 0. The molecule has 3 heterocycles. The minimum absolute atomic E-state index is 0.0421. The largest absolute Gasteiger partial charge is 0.458 e. The molecule has 0 aliphatic carbocycles. The number of sulfonamides is 1. The molecule has 1 saturated heterocycles. The molecule has 0 unspecified atom stereocenters. The van der Waals surface area contributed by atoms with E-state index < -0.39 is 10.0 Å². The van der Waals surface area contributed by atoms with Crippen LogP contribution < -0.4 is 4.72 Å². The smallest absolute Gasteiger partial charge is 0.257 e. The number of hydrogen-bond donors (Lipinski definition) is 2. The van der Waals surface area contributed by atoms with E-state index in [1.165, 1.54) is 12.3 Å². The van der Waals surface area contributed by atoms with Crippen molar-refractivity contribution < 1.29 is 17.6 Å². The van der Waals surface area contributed by atoms with Crippen LogP contribution in [0, 0.1) is 20.8 Å². The van der Waals surface area contributed by atoms with Gasteiger partial charge < -0.3 is 9.32 Å². The molecule has 1 aromatic carbocycles. The Morgan fingerprint density at radius 3 is 2.61 bits per heavy atom. The monoisotopic (exact) mass is 442 g/mol. The average Bonchev–Trinajstić information content (AvgIpc) is 3.48. The number of nitrogens with zero attached hydrogens (tertiary/aromatic N) is 2. The number of likely N-dealkylation sites (tertiary alicyclic amines) is 1. The maximum absolute atomic E-state index is 12.9. The Bertz CT molecular complexity index is 1220. The second-order valence-electron chi connectivity index (χ2n) is 7.93. The fraction of sp³-hybridized carbons (Fsp3) is 0.364. The molecule has 1 aliphatic rings. The SMILES string of the molecule is Cc1ccc(CNS(=O)(=O)c2cc(-c3[nH]ncc3C(=O)N3CCCC3)oc2C)cc1C. The van der Waals surface area contributed by atoms with Crippen molar-refractivity contribution >= 4 is 15.9 Å². The highest BCUT2D eigenvalue weighted by atomic mass is 32.2. The summed E-state index contributed by atoms with van der Waals surface area (Å²) < 4.78 is 34.2. The third kappa shape index (κ3) is 4.28. The van der Waals surface area contributed by atoms with Crippen molar-refractivity contribution in [3.8, 4) is 11.5 Å². The van der Waals surface area contributed by atoms with Crippen LogP contribution in [-0.2, 0) is 16.6 Å². The van der Waals surface area contributed by atoms with Crippen molar-refractivity contribution in [1.29, 1.82) is 0 Å². The Morgan fingerprint density at radius 2 is 1.90 bits per heavy atom. The van der Waals surface area contributed by atoms with Gasteiger partial charge in [0.05, 0.1) is 11.8 Å². The van der Waals surface area contributed by atoms with Crippen LogP contribution in [0.1, 0.15) is 45.7 Å². The molecule has 2 aromatic heterocycles. The third-order valence-electron chi connectivity index (χ3n) is 5.71. The average molecular weight is 443 g/mol. The fourth-order valence-electron chi connectivity index (χ4n) is 3.75. The lowest BCUT2D eigenvalue weighted by atomic mass is 10.1. The fourth-order valence-corrected chi connectivity index (χ4v) is 4.95. The van der Waals surface area contributed by atoms with E-state index in [9.17, 15) is 13.2 Å². The van der Waals surface area contributed by atoms with Gasteiger partial charge in [-0.25, -0.2) is 13.1 Å². The van der Waals surface area contributed by atoms with E-state index in [1.54, 1.807) is 11.8 Å². The highest BCUT2D eigenvalue weighted by Crippen LogP contribution is 2.30. The number of benzene rings is 1. The van der Waals surface area contributed by atoms with Gasteiger partial charge in [0.25, 0.3) is 5.91 Å². The predicted octanol–water partition coefficient (Wildman–Crippen LogP) is 3.31. The van der Waals surface area contributed by atoms with Crippen LogP contribution in [-0.4, -0.2) is 42.5 Å². The van der Waals surface area contributed by atoms with Gasteiger partial charge in [-0.15, -0.1) is 0 Å². The van der Waals surface area contributed by atoms with E-state index in [4.69, 9.17) is 4.42 Å². The number of nitrogens with one attached hydrogen (secondary N) is 2.